The van der Waals surface area contributed by atoms with E-state index in [9.17, 15) is 8.42 Å². The largest absolute Gasteiger partial charge is 0.353 e. The molecule has 2 aliphatic rings. The van der Waals surface area contributed by atoms with E-state index in [1.54, 1.807) is 24.3 Å². The second-order valence-electron chi connectivity index (χ2n) is 9.41. The van der Waals surface area contributed by atoms with Gasteiger partial charge in [-0.05, 0) is 81.8 Å². The minimum absolute atomic E-state index is 0.158. The quantitative estimate of drug-likeness (QED) is 0.386. The predicted octanol–water partition coefficient (Wildman–Crippen LogP) is 5.32. The molecule has 0 amide bonds. The summed E-state index contributed by atoms with van der Waals surface area (Å²) >= 11 is 0. The molecule has 0 spiro atoms. The Hall–Kier alpha value is -0.950. The van der Waals surface area contributed by atoms with E-state index in [0.29, 0.717) is 18.4 Å². The summed E-state index contributed by atoms with van der Waals surface area (Å²) in [5, 5.41) is 0. The highest BCUT2D eigenvalue weighted by atomic mass is 32.2. The highest BCUT2D eigenvalue weighted by Gasteiger charge is 2.53. The fourth-order valence-corrected chi connectivity index (χ4v) is 6.86. The SMILES string of the molecule is CCOC(C)O[C@H]1CCC[C@]2(C)[C@@H](C(C)COS(=O)(=O)c3ccc(C)cc3)CC[C@@H]12. The Bertz CT molecular complexity index is 790. The molecule has 0 N–H and O–H groups in total. The molecular weight excluding hydrogens is 400 g/mol. The lowest BCUT2D eigenvalue weighted by Gasteiger charge is -2.46. The minimum Gasteiger partial charge on any atom is -0.353 e. The van der Waals surface area contributed by atoms with Gasteiger partial charge in [-0.3, -0.25) is 4.18 Å². The van der Waals surface area contributed by atoms with Crippen LogP contribution in [0, 0.1) is 30.1 Å². The van der Waals surface area contributed by atoms with E-state index < -0.39 is 10.1 Å². The molecular formula is C24H38O5S. The molecule has 2 unspecified atom stereocenters. The van der Waals surface area contributed by atoms with Crippen molar-refractivity contribution in [3.05, 3.63) is 29.8 Å². The monoisotopic (exact) mass is 438 g/mol. The number of benzene rings is 1. The molecule has 0 bridgehead atoms. The lowest BCUT2D eigenvalue weighted by Crippen LogP contribution is -2.44. The normalized spacial score (nSPS) is 31.3. The average molecular weight is 439 g/mol. The van der Waals surface area contributed by atoms with Crippen LogP contribution in [0.5, 0.6) is 0 Å². The molecule has 2 saturated carbocycles. The topological polar surface area (TPSA) is 61.8 Å². The van der Waals surface area contributed by atoms with Gasteiger partial charge in [-0.2, -0.15) is 8.42 Å². The molecule has 0 radical (unpaired) electrons. The van der Waals surface area contributed by atoms with Gasteiger partial charge in [-0.15, -0.1) is 0 Å². The lowest BCUT2D eigenvalue weighted by atomic mass is 9.62. The maximum Gasteiger partial charge on any atom is 0.296 e. The van der Waals surface area contributed by atoms with E-state index in [2.05, 4.69) is 13.8 Å². The van der Waals surface area contributed by atoms with Crippen molar-refractivity contribution in [2.24, 2.45) is 23.2 Å². The third-order valence-corrected chi connectivity index (χ3v) is 8.68. The number of rotatable bonds is 9. The van der Waals surface area contributed by atoms with E-state index in [-0.39, 0.29) is 35.2 Å². The van der Waals surface area contributed by atoms with Crippen LogP contribution in [0.15, 0.2) is 29.2 Å². The first-order chi connectivity index (χ1) is 14.2. The van der Waals surface area contributed by atoms with Crippen molar-refractivity contribution >= 4 is 10.1 Å². The van der Waals surface area contributed by atoms with Gasteiger partial charge in [-0.1, -0.05) is 38.0 Å². The molecule has 0 heterocycles. The van der Waals surface area contributed by atoms with Crippen molar-refractivity contribution in [2.45, 2.75) is 84.0 Å². The zero-order valence-corrected chi connectivity index (χ0v) is 19.9. The minimum atomic E-state index is -3.72. The number of hydrogen-bond donors (Lipinski definition) is 0. The highest BCUT2D eigenvalue weighted by molar-refractivity contribution is 7.86. The summed E-state index contributed by atoms with van der Waals surface area (Å²) < 4.78 is 42.6. The molecule has 170 valence electrons. The Balaban J connectivity index is 1.64. The smallest absolute Gasteiger partial charge is 0.296 e. The van der Waals surface area contributed by atoms with Crippen LogP contribution in [-0.2, 0) is 23.8 Å². The molecule has 0 aliphatic heterocycles. The molecule has 1 aromatic rings. The maximum absolute atomic E-state index is 12.6. The van der Waals surface area contributed by atoms with Crippen molar-refractivity contribution in [2.75, 3.05) is 13.2 Å². The van der Waals surface area contributed by atoms with Gasteiger partial charge in [0.2, 0.25) is 0 Å². The van der Waals surface area contributed by atoms with E-state index in [4.69, 9.17) is 13.7 Å². The van der Waals surface area contributed by atoms with Crippen molar-refractivity contribution in [1.29, 1.82) is 0 Å². The Morgan fingerprint density at radius 3 is 2.50 bits per heavy atom. The van der Waals surface area contributed by atoms with Crippen LogP contribution >= 0.6 is 0 Å². The molecule has 3 rings (SSSR count). The molecule has 2 aliphatic carbocycles. The van der Waals surface area contributed by atoms with Crippen molar-refractivity contribution in [3.8, 4) is 0 Å². The fourth-order valence-electron chi connectivity index (χ4n) is 5.86. The van der Waals surface area contributed by atoms with Gasteiger partial charge in [0.1, 0.15) is 0 Å². The summed E-state index contributed by atoms with van der Waals surface area (Å²) in [6.07, 6.45) is 5.65. The first-order valence-electron chi connectivity index (χ1n) is 11.4. The summed E-state index contributed by atoms with van der Waals surface area (Å²) in [6.45, 7) is 11.3. The van der Waals surface area contributed by atoms with Crippen LogP contribution in [0.4, 0.5) is 0 Å². The Morgan fingerprint density at radius 1 is 1.13 bits per heavy atom. The van der Waals surface area contributed by atoms with Gasteiger partial charge in [-0.25, -0.2) is 0 Å². The summed E-state index contributed by atoms with van der Waals surface area (Å²) in [6, 6.07) is 6.83. The maximum atomic E-state index is 12.6. The van der Waals surface area contributed by atoms with E-state index in [1.807, 2.05) is 20.8 Å². The number of fused-ring (bicyclic) bond motifs is 1. The Kier molecular flexibility index (Phi) is 7.65. The van der Waals surface area contributed by atoms with Crippen LogP contribution in [0.3, 0.4) is 0 Å². The van der Waals surface area contributed by atoms with E-state index in [1.165, 1.54) is 6.42 Å². The molecule has 6 atom stereocenters. The summed E-state index contributed by atoms with van der Waals surface area (Å²) in [5.74, 6) is 1.10. The van der Waals surface area contributed by atoms with E-state index >= 15 is 0 Å². The molecule has 2 fully saturated rings. The van der Waals surface area contributed by atoms with Gasteiger partial charge in [0.05, 0.1) is 17.6 Å². The van der Waals surface area contributed by atoms with Crippen molar-refractivity contribution in [1.82, 2.24) is 0 Å². The van der Waals surface area contributed by atoms with E-state index in [0.717, 1.165) is 31.2 Å². The summed E-state index contributed by atoms with van der Waals surface area (Å²) in [7, 11) is -3.72. The van der Waals surface area contributed by atoms with Gasteiger partial charge < -0.3 is 9.47 Å². The van der Waals surface area contributed by atoms with Gasteiger partial charge in [0.15, 0.2) is 6.29 Å². The molecule has 30 heavy (non-hydrogen) atoms. The zero-order valence-electron chi connectivity index (χ0n) is 19.1. The molecule has 0 saturated heterocycles. The Labute approximate surface area is 182 Å². The second kappa shape index (κ2) is 9.68. The standard InChI is InChI=1S/C24H38O5S/c1-6-27-19(4)29-23-8-7-15-24(5)21(13-14-22(23)24)18(3)16-28-30(25,26)20-11-9-17(2)10-12-20/h9-12,18-19,21-23H,6-8,13-16H2,1-5H3/t18?,19?,21-,22+,23+,24-/m1/s1. The predicted molar refractivity (Wildman–Crippen MR) is 118 cm³/mol. The number of hydrogen-bond acceptors (Lipinski definition) is 5. The second-order valence-corrected chi connectivity index (χ2v) is 11.0. The average Bonchev–Trinajstić information content (AvgIpc) is 3.05. The van der Waals surface area contributed by atoms with Crippen LogP contribution in [0.25, 0.3) is 0 Å². The van der Waals surface area contributed by atoms with Crippen LogP contribution in [0.2, 0.25) is 0 Å². The first-order valence-corrected chi connectivity index (χ1v) is 12.8. The molecule has 6 heteroatoms. The van der Waals surface area contributed by atoms with Crippen LogP contribution < -0.4 is 0 Å². The van der Waals surface area contributed by atoms with Gasteiger partial charge in [0.25, 0.3) is 10.1 Å². The van der Waals surface area contributed by atoms with Crippen LogP contribution in [0.1, 0.15) is 65.4 Å². The molecule has 0 aromatic heterocycles. The fraction of sp³-hybridized carbons (Fsp3) is 0.750. The van der Waals surface area contributed by atoms with Crippen LogP contribution in [-0.4, -0.2) is 34.0 Å². The zero-order chi connectivity index (χ0) is 21.9. The van der Waals surface area contributed by atoms with Crippen molar-refractivity contribution in [3.63, 3.8) is 0 Å². The summed E-state index contributed by atoms with van der Waals surface area (Å²) in [4.78, 5) is 0.229. The first kappa shape index (κ1) is 23.7. The van der Waals surface area contributed by atoms with Crippen molar-refractivity contribution < 1.29 is 22.1 Å². The highest BCUT2D eigenvalue weighted by Crippen LogP contribution is 2.58. The number of ether oxygens (including phenoxy) is 2. The molecule has 5 nitrogen and oxygen atoms in total. The third-order valence-electron chi connectivity index (χ3n) is 7.39. The van der Waals surface area contributed by atoms with Gasteiger partial charge in [0, 0.05) is 6.61 Å². The molecule has 1 aromatic carbocycles. The lowest BCUT2D eigenvalue weighted by molar-refractivity contribution is -0.190. The third kappa shape index (κ3) is 5.09. The number of aryl methyl sites for hydroxylation is 1. The Morgan fingerprint density at radius 2 is 1.83 bits per heavy atom. The van der Waals surface area contributed by atoms with Gasteiger partial charge >= 0.3 is 0 Å². The summed E-state index contributed by atoms with van der Waals surface area (Å²) in [5.41, 5.74) is 1.19.